The van der Waals surface area contributed by atoms with Crippen LogP contribution in [0.5, 0.6) is 34.5 Å². The zero-order valence-corrected chi connectivity index (χ0v) is 18.5. The number of ether oxygens (including phenoxy) is 6. The molecule has 0 amide bonds. The first-order valence-corrected chi connectivity index (χ1v) is 9.47. The molecule has 0 spiro atoms. The van der Waals surface area contributed by atoms with Crippen molar-refractivity contribution in [1.29, 1.82) is 0 Å². The molecule has 0 fully saturated rings. The number of aliphatic hydroxyl groups excluding tert-OH is 1. The van der Waals surface area contributed by atoms with Gasteiger partial charge in [0, 0.05) is 0 Å². The highest BCUT2D eigenvalue weighted by Gasteiger charge is 2.25. The van der Waals surface area contributed by atoms with Gasteiger partial charge in [-0.2, -0.15) is 0 Å². The molecule has 7 nitrogen and oxygen atoms in total. The Balaban J connectivity index is 2.39. The summed E-state index contributed by atoms with van der Waals surface area (Å²) in [5.41, 5.74) is 1.47. The van der Waals surface area contributed by atoms with Crippen LogP contribution in [0.15, 0.2) is 30.3 Å². The normalized spacial score (nSPS) is 12.9. The highest BCUT2D eigenvalue weighted by atomic mass is 16.6. The molecule has 2 atom stereocenters. The minimum absolute atomic E-state index is 0.409. The monoisotopic (exact) mass is 418 g/mol. The summed E-state index contributed by atoms with van der Waals surface area (Å²) in [6.45, 7) is 3.69. The summed E-state index contributed by atoms with van der Waals surface area (Å²) in [5, 5.41) is 11.0. The Bertz CT molecular complexity index is 826. The fraction of sp³-hybridized carbons (Fsp3) is 0.391. The van der Waals surface area contributed by atoms with Crippen molar-refractivity contribution in [1.82, 2.24) is 0 Å². The quantitative estimate of drug-likeness (QED) is 0.618. The van der Waals surface area contributed by atoms with E-state index < -0.39 is 12.2 Å². The molecule has 0 aliphatic carbocycles. The standard InChI is InChI=1S/C23H30O7/c1-8-9-15-10-17(25-3)23(18(11-15)26-4)30-14(2)21(24)16-12-19(27-5)22(29-7)20(13-16)28-6/h8-14,21,24H,1-7H3/b9-8-/t14-,21-/m1/s1. The fourth-order valence-corrected chi connectivity index (χ4v) is 3.10. The Morgan fingerprint density at radius 3 is 1.60 bits per heavy atom. The fourth-order valence-electron chi connectivity index (χ4n) is 3.10. The molecule has 0 unspecified atom stereocenters. The van der Waals surface area contributed by atoms with Crippen LogP contribution in [0.4, 0.5) is 0 Å². The summed E-state index contributed by atoms with van der Waals surface area (Å²) in [5.74, 6) is 2.77. The van der Waals surface area contributed by atoms with E-state index in [-0.39, 0.29) is 0 Å². The first-order valence-electron chi connectivity index (χ1n) is 9.47. The van der Waals surface area contributed by atoms with E-state index in [1.165, 1.54) is 21.3 Å². The van der Waals surface area contributed by atoms with E-state index in [2.05, 4.69) is 0 Å². The predicted molar refractivity (Wildman–Crippen MR) is 115 cm³/mol. The molecular weight excluding hydrogens is 388 g/mol. The molecule has 0 aliphatic heterocycles. The molecule has 0 saturated heterocycles. The van der Waals surface area contributed by atoms with Crippen molar-refractivity contribution >= 4 is 6.08 Å². The van der Waals surface area contributed by atoms with Crippen LogP contribution in [-0.2, 0) is 0 Å². The van der Waals surface area contributed by atoms with Crippen molar-refractivity contribution in [3.63, 3.8) is 0 Å². The Kier molecular flexibility index (Phi) is 8.24. The second kappa shape index (κ2) is 10.6. The van der Waals surface area contributed by atoms with Crippen LogP contribution in [0, 0.1) is 0 Å². The summed E-state index contributed by atoms with van der Waals surface area (Å²) < 4.78 is 33.1. The minimum atomic E-state index is -0.983. The third kappa shape index (κ3) is 4.91. The van der Waals surface area contributed by atoms with E-state index in [1.807, 2.05) is 31.2 Å². The number of aliphatic hydroxyl groups is 1. The molecule has 0 bridgehead atoms. The van der Waals surface area contributed by atoms with Gasteiger partial charge in [0.05, 0.1) is 35.5 Å². The molecule has 2 aromatic rings. The third-order valence-electron chi connectivity index (χ3n) is 4.62. The van der Waals surface area contributed by atoms with Crippen LogP contribution >= 0.6 is 0 Å². The average Bonchev–Trinajstić information content (AvgIpc) is 2.77. The maximum absolute atomic E-state index is 11.0. The lowest BCUT2D eigenvalue weighted by atomic mass is 10.0. The van der Waals surface area contributed by atoms with E-state index in [9.17, 15) is 5.11 Å². The van der Waals surface area contributed by atoms with Crippen molar-refractivity contribution in [2.45, 2.75) is 26.1 Å². The molecule has 0 aromatic heterocycles. The number of hydrogen-bond donors (Lipinski definition) is 1. The first kappa shape index (κ1) is 23.2. The van der Waals surface area contributed by atoms with Gasteiger partial charge in [0.15, 0.2) is 23.0 Å². The van der Waals surface area contributed by atoms with Gasteiger partial charge >= 0.3 is 0 Å². The molecule has 0 saturated carbocycles. The molecule has 0 aliphatic rings. The van der Waals surface area contributed by atoms with Crippen molar-refractivity contribution in [3.8, 4) is 34.5 Å². The zero-order chi connectivity index (χ0) is 22.3. The van der Waals surface area contributed by atoms with Crippen LogP contribution in [0.1, 0.15) is 31.1 Å². The first-order chi connectivity index (χ1) is 14.4. The van der Waals surface area contributed by atoms with Gasteiger partial charge in [0.2, 0.25) is 11.5 Å². The van der Waals surface area contributed by atoms with Crippen molar-refractivity contribution in [3.05, 3.63) is 41.5 Å². The summed E-state index contributed by atoms with van der Waals surface area (Å²) in [6, 6.07) is 7.07. The zero-order valence-electron chi connectivity index (χ0n) is 18.5. The van der Waals surface area contributed by atoms with Gasteiger partial charge in [-0.05, 0) is 49.2 Å². The lowest BCUT2D eigenvalue weighted by Gasteiger charge is -2.24. The van der Waals surface area contributed by atoms with Crippen LogP contribution in [0.3, 0.4) is 0 Å². The van der Waals surface area contributed by atoms with Crippen molar-refractivity contribution in [2.75, 3.05) is 35.5 Å². The molecule has 0 heterocycles. The van der Waals surface area contributed by atoms with Gasteiger partial charge in [0.1, 0.15) is 12.2 Å². The minimum Gasteiger partial charge on any atom is -0.493 e. The summed E-state index contributed by atoms with van der Waals surface area (Å²) in [6.07, 6.45) is 2.24. The Hall–Kier alpha value is -3.06. The van der Waals surface area contributed by atoms with E-state index in [0.717, 1.165) is 5.56 Å². The largest absolute Gasteiger partial charge is 0.493 e. The van der Waals surface area contributed by atoms with Gasteiger partial charge in [-0.15, -0.1) is 0 Å². The molecule has 7 heteroatoms. The van der Waals surface area contributed by atoms with E-state index >= 15 is 0 Å². The number of hydrogen-bond acceptors (Lipinski definition) is 7. The highest BCUT2D eigenvalue weighted by Crippen LogP contribution is 2.43. The number of benzene rings is 2. The average molecular weight is 418 g/mol. The van der Waals surface area contributed by atoms with Gasteiger partial charge in [-0.3, -0.25) is 0 Å². The van der Waals surface area contributed by atoms with Crippen LogP contribution in [0.2, 0.25) is 0 Å². The molecule has 1 N–H and O–H groups in total. The third-order valence-corrected chi connectivity index (χ3v) is 4.62. The van der Waals surface area contributed by atoms with Crippen LogP contribution in [-0.4, -0.2) is 46.8 Å². The lowest BCUT2D eigenvalue weighted by Crippen LogP contribution is -2.22. The van der Waals surface area contributed by atoms with Crippen LogP contribution < -0.4 is 28.4 Å². The van der Waals surface area contributed by atoms with Gasteiger partial charge < -0.3 is 33.5 Å². The van der Waals surface area contributed by atoms with E-state index in [1.54, 1.807) is 33.3 Å². The predicted octanol–water partition coefficient (Wildman–Crippen LogP) is 4.26. The smallest absolute Gasteiger partial charge is 0.203 e. The molecule has 2 rings (SSSR count). The molecule has 30 heavy (non-hydrogen) atoms. The Morgan fingerprint density at radius 1 is 0.733 bits per heavy atom. The van der Waals surface area contributed by atoms with Gasteiger partial charge in [-0.1, -0.05) is 12.2 Å². The molecule has 164 valence electrons. The number of rotatable bonds is 10. The molecule has 0 radical (unpaired) electrons. The van der Waals surface area contributed by atoms with Gasteiger partial charge in [0.25, 0.3) is 0 Å². The second-order valence-electron chi connectivity index (χ2n) is 6.48. The number of allylic oxidation sites excluding steroid dienone is 1. The maximum Gasteiger partial charge on any atom is 0.203 e. The van der Waals surface area contributed by atoms with Crippen molar-refractivity contribution in [2.24, 2.45) is 0 Å². The Labute approximate surface area is 177 Å². The Morgan fingerprint density at radius 2 is 1.20 bits per heavy atom. The SMILES string of the molecule is C/C=C\c1cc(OC)c(O[C@H](C)[C@@H](O)c2cc(OC)c(OC)c(OC)c2)c(OC)c1. The topological polar surface area (TPSA) is 75.6 Å². The van der Waals surface area contributed by atoms with Crippen LogP contribution in [0.25, 0.3) is 6.08 Å². The second-order valence-corrected chi connectivity index (χ2v) is 6.48. The summed E-state index contributed by atoms with van der Waals surface area (Å²) in [7, 11) is 7.69. The summed E-state index contributed by atoms with van der Waals surface area (Å²) in [4.78, 5) is 0. The lowest BCUT2D eigenvalue weighted by molar-refractivity contribution is 0.0431. The van der Waals surface area contributed by atoms with Crippen molar-refractivity contribution < 1.29 is 33.5 Å². The summed E-state index contributed by atoms with van der Waals surface area (Å²) >= 11 is 0. The van der Waals surface area contributed by atoms with E-state index in [0.29, 0.717) is 40.1 Å². The molecular formula is C23H30O7. The highest BCUT2D eigenvalue weighted by molar-refractivity contribution is 5.62. The van der Waals surface area contributed by atoms with Gasteiger partial charge in [-0.25, -0.2) is 0 Å². The molecule has 2 aromatic carbocycles. The number of methoxy groups -OCH3 is 5. The maximum atomic E-state index is 11.0. The van der Waals surface area contributed by atoms with E-state index in [4.69, 9.17) is 28.4 Å².